The summed E-state index contributed by atoms with van der Waals surface area (Å²) < 4.78 is 0. The molecule has 2 N–H and O–H groups in total. The summed E-state index contributed by atoms with van der Waals surface area (Å²) in [5, 5.41) is 19.7. The molecule has 1 aromatic rings. The summed E-state index contributed by atoms with van der Waals surface area (Å²) in [7, 11) is 0. The average Bonchev–Trinajstić information content (AvgIpc) is 2.51. The second kappa shape index (κ2) is 7.35. The zero-order valence-electron chi connectivity index (χ0n) is 13.5. The lowest BCUT2D eigenvalue weighted by molar-refractivity contribution is 0.181. The SMILES string of the molecule is CCCC1(CCC)CC(C=Cc2ccc(O)cc2)=CC=C1O. The highest BCUT2D eigenvalue weighted by Gasteiger charge is 2.34. The molecule has 0 radical (unpaired) electrons. The van der Waals surface area contributed by atoms with Gasteiger partial charge < -0.3 is 10.2 Å². The number of phenols is 1. The molecule has 1 aliphatic rings. The number of allylic oxidation sites excluding steroid dienone is 5. The molecule has 2 heteroatoms. The van der Waals surface area contributed by atoms with Gasteiger partial charge in [-0.3, -0.25) is 0 Å². The third kappa shape index (κ3) is 3.82. The van der Waals surface area contributed by atoms with E-state index in [1.165, 1.54) is 5.57 Å². The van der Waals surface area contributed by atoms with Gasteiger partial charge in [-0.25, -0.2) is 0 Å². The van der Waals surface area contributed by atoms with Crippen LogP contribution in [0.1, 0.15) is 51.5 Å². The van der Waals surface area contributed by atoms with Gasteiger partial charge in [0.25, 0.3) is 0 Å². The molecular formula is C20H26O2. The van der Waals surface area contributed by atoms with Gasteiger partial charge in [-0.05, 0) is 48.6 Å². The minimum atomic E-state index is -0.0904. The molecule has 118 valence electrons. The fourth-order valence-corrected chi connectivity index (χ4v) is 3.32. The quantitative estimate of drug-likeness (QED) is 0.700. The second-order valence-electron chi connectivity index (χ2n) is 6.18. The normalized spacial score (nSPS) is 17.4. The molecule has 22 heavy (non-hydrogen) atoms. The smallest absolute Gasteiger partial charge is 0.115 e. The number of aromatic hydroxyl groups is 1. The summed E-state index contributed by atoms with van der Waals surface area (Å²) in [6, 6.07) is 7.18. The molecule has 0 atom stereocenters. The van der Waals surface area contributed by atoms with E-state index in [-0.39, 0.29) is 11.2 Å². The molecule has 0 aromatic heterocycles. The van der Waals surface area contributed by atoms with Crippen molar-refractivity contribution in [1.82, 2.24) is 0 Å². The van der Waals surface area contributed by atoms with Crippen LogP contribution >= 0.6 is 0 Å². The van der Waals surface area contributed by atoms with E-state index in [9.17, 15) is 10.2 Å². The predicted octanol–water partition coefficient (Wildman–Crippen LogP) is 5.76. The molecule has 2 rings (SSSR count). The van der Waals surface area contributed by atoms with Gasteiger partial charge in [0.1, 0.15) is 5.75 Å². The largest absolute Gasteiger partial charge is 0.512 e. The third-order valence-electron chi connectivity index (χ3n) is 4.38. The summed E-state index contributed by atoms with van der Waals surface area (Å²) >= 11 is 0. The summed E-state index contributed by atoms with van der Waals surface area (Å²) in [5.74, 6) is 0.824. The third-order valence-corrected chi connectivity index (χ3v) is 4.38. The number of hydrogen-bond acceptors (Lipinski definition) is 2. The van der Waals surface area contributed by atoms with Crippen LogP contribution in [-0.2, 0) is 0 Å². The Morgan fingerprint density at radius 2 is 1.59 bits per heavy atom. The van der Waals surface area contributed by atoms with Gasteiger partial charge >= 0.3 is 0 Å². The lowest BCUT2D eigenvalue weighted by Gasteiger charge is -2.35. The van der Waals surface area contributed by atoms with Crippen molar-refractivity contribution in [3.8, 4) is 5.75 Å². The highest BCUT2D eigenvalue weighted by molar-refractivity contribution is 5.55. The molecule has 0 heterocycles. The summed E-state index contributed by atoms with van der Waals surface area (Å²) in [6.45, 7) is 4.35. The van der Waals surface area contributed by atoms with Crippen molar-refractivity contribution in [3.05, 3.63) is 59.4 Å². The van der Waals surface area contributed by atoms with Crippen LogP contribution in [0.5, 0.6) is 5.75 Å². The van der Waals surface area contributed by atoms with Gasteiger partial charge in [-0.2, -0.15) is 0 Å². The Morgan fingerprint density at radius 1 is 0.955 bits per heavy atom. The highest BCUT2D eigenvalue weighted by atomic mass is 16.3. The van der Waals surface area contributed by atoms with Crippen LogP contribution in [-0.4, -0.2) is 10.2 Å². The minimum Gasteiger partial charge on any atom is -0.512 e. The maximum Gasteiger partial charge on any atom is 0.115 e. The molecular weight excluding hydrogens is 272 g/mol. The Labute approximate surface area is 133 Å². The Balaban J connectivity index is 2.17. The predicted molar refractivity (Wildman–Crippen MR) is 92.8 cm³/mol. The molecule has 1 aliphatic carbocycles. The van der Waals surface area contributed by atoms with Gasteiger partial charge in [-0.1, -0.05) is 57.0 Å². The summed E-state index contributed by atoms with van der Waals surface area (Å²) in [5.41, 5.74) is 2.22. The maximum absolute atomic E-state index is 10.4. The van der Waals surface area contributed by atoms with Gasteiger partial charge in [0.2, 0.25) is 0 Å². The number of aliphatic hydroxyl groups excluding tert-OH is 1. The van der Waals surface area contributed by atoms with Crippen LogP contribution in [0.4, 0.5) is 0 Å². The van der Waals surface area contributed by atoms with Crippen molar-refractivity contribution in [2.75, 3.05) is 0 Å². The lowest BCUT2D eigenvalue weighted by Crippen LogP contribution is -2.26. The van der Waals surface area contributed by atoms with E-state index >= 15 is 0 Å². The van der Waals surface area contributed by atoms with Crippen LogP contribution in [0.2, 0.25) is 0 Å². The van der Waals surface area contributed by atoms with Gasteiger partial charge in [0.15, 0.2) is 0 Å². The van der Waals surface area contributed by atoms with E-state index in [0.717, 1.165) is 37.7 Å². The van der Waals surface area contributed by atoms with E-state index < -0.39 is 0 Å². The number of hydrogen-bond donors (Lipinski definition) is 2. The topological polar surface area (TPSA) is 40.5 Å². The Morgan fingerprint density at radius 3 is 2.18 bits per heavy atom. The molecule has 0 spiro atoms. The van der Waals surface area contributed by atoms with Crippen LogP contribution in [0, 0.1) is 5.41 Å². The monoisotopic (exact) mass is 298 g/mol. The van der Waals surface area contributed by atoms with Gasteiger partial charge in [0.05, 0.1) is 5.76 Å². The molecule has 0 unspecified atom stereocenters. The minimum absolute atomic E-state index is 0.0904. The standard InChI is InChI=1S/C20H26O2/c1-3-13-20(14-4-2)15-17(9-12-19(20)22)6-5-16-7-10-18(21)11-8-16/h5-12,21-22H,3-4,13-15H2,1-2H3. The van der Waals surface area contributed by atoms with Crippen LogP contribution in [0.3, 0.4) is 0 Å². The second-order valence-corrected chi connectivity index (χ2v) is 6.18. The van der Waals surface area contributed by atoms with Crippen molar-refractivity contribution in [2.24, 2.45) is 5.41 Å². The zero-order valence-corrected chi connectivity index (χ0v) is 13.5. The van der Waals surface area contributed by atoms with Crippen molar-refractivity contribution in [3.63, 3.8) is 0 Å². The molecule has 0 saturated heterocycles. The number of rotatable bonds is 6. The first-order valence-corrected chi connectivity index (χ1v) is 8.17. The van der Waals surface area contributed by atoms with E-state index in [1.807, 2.05) is 24.3 Å². The Bertz CT molecular complexity index is 570. The molecule has 0 amide bonds. The van der Waals surface area contributed by atoms with Gasteiger partial charge in [-0.15, -0.1) is 0 Å². The number of aliphatic hydroxyl groups is 1. The van der Waals surface area contributed by atoms with E-state index in [1.54, 1.807) is 12.1 Å². The van der Waals surface area contributed by atoms with Crippen LogP contribution in [0.15, 0.2) is 53.8 Å². The Hall–Kier alpha value is -1.96. The van der Waals surface area contributed by atoms with Crippen molar-refractivity contribution in [1.29, 1.82) is 0 Å². The highest BCUT2D eigenvalue weighted by Crippen LogP contribution is 2.44. The molecule has 0 aliphatic heterocycles. The van der Waals surface area contributed by atoms with Crippen LogP contribution < -0.4 is 0 Å². The number of phenolic OH excluding ortho intramolecular Hbond substituents is 1. The molecule has 0 saturated carbocycles. The van der Waals surface area contributed by atoms with E-state index in [2.05, 4.69) is 26.0 Å². The van der Waals surface area contributed by atoms with Crippen LogP contribution in [0.25, 0.3) is 6.08 Å². The van der Waals surface area contributed by atoms with E-state index in [0.29, 0.717) is 5.76 Å². The first-order valence-electron chi connectivity index (χ1n) is 8.17. The zero-order chi connectivity index (χ0) is 16.0. The lowest BCUT2D eigenvalue weighted by atomic mass is 9.70. The molecule has 0 bridgehead atoms. The van der Waals surface area contributed by atoms with Crippen molar-refractivity contribution >= 4 is 6.08 Å². The fourth-order valence-electron chi connectivity index (χ4n) is 3.32. The summed E-state index contributed by atoms with van der Waals surface area (Å²) in [4.78, 5) is 0. The first kappa shape index (κ1) is 16.4. The average molecular weight is 298 g/mol. The van der Waals surface area contributed by atoms with Crippen molar-refractivity contribution < 1.29 is 10.2 Å². The van der Waals surface area contributed by atoms with E-state index in [4.69, 9.17) is 0 Å². The Kier molecular flexibility index (Phi) is 5.48. The fraction of sp³-hybridized carbons (Fsp3) is 0.400. The van der Waals surface area contributed by atoms with Crippen molar-refractivity contribution in [2.45, 2.75) is 46.0 Å². The molecule has 0 fully saturated rings. The molecule has 1 aromatic carbocycles. The maximum atomic E-state index is 10.4. The van der Waals surface area contributed by atoms with Gasteiger partial charge in [0, 0.05) is 5.41 Å². The molecule has 2 nitrogen and oxygen atoms in total. The first-order chi connectivity index (χ1) is 10.6. The summed E-state index contributed by atoms with van der Waals surface area (Å²) in [6.07, 6.45) is 13.1. The number of benzene rings is 1.